The third kappa shape index (κ3) is 4.63. The summed E-state index contributed by atoms with van der Waals surface area (Å²) in [5.41, 5.74) is 5.61. The van der Waals surface area contributed by atoms with Gasteiger partial charge in [0.2, 0.25) is 5.91 Å². The van der Waals surface area contributed by atoms with Gasteiger partial charge in [-0.1, -0.05) is 18.6 Å². The third-order valence-electron chi connectivity index (χ3n) is 4.76. The van der Waals surface area contributed by atoms with Crippen LogP contribution in [0.4, 0.5) is 5.69 Å². The predicted octanol–water partition coefficient (Wildman–Crippen LogP) is 1.22. The maximum absolute atomic E-state index is 13.4. The SMILES string of the molecule is Cc1ccc(C)c(S(=O)(=O)N2CCCCC2CNC(=O)CCN)c1[N+](=O)[O-]. The molecule has 1 unspecified atom stereocenters. The molecule has 1 aliphatic rings. The number of hydrogen-bond acceptors (Lipinski definition) is 6. The highest BCUT2D eigenvalue weighted by Crippen LogP contribution is 2.35. The number of nitro groups is 1. The zero-order valence-corrected chi connectivity index (χ0v) is 16.4. The first kappa shape index (κ1) is 21.3. The van der Waals surface area contributed by atoms with Crippen LogP contribution in [-0.2, 0) is 14.8 Å². The van der Waals surface area contributed by atoms with E-state index in [1.807, 2.05) is 0 Å². The number of amides is 1. The number of nitrogens with one attached hydrogen (secondary N) is 1. The molecule has 9 nitrogen and oxygen atoms in total. The number of rotatable bonds is 7. The number of piperidine rings is 1. The molecular weight excluding hydrogens is 372 g/mol. The molecule has 0 saturated carbocycles. The second-order valence-corrected chi connectivity index (χ2v) is 8.57. The van der Waals surface area contributed by atoms with Crippen molar-refractivity contribution in [2.24, 2.45) is 5.73 Å². The third-order valence-corrected chi connectivity index (χ3v) is 6.89. The Bertz CT molecular complexity index is 825. The van der Waals surface area contributed by atoms with Crippen molar-refractivity contribution < 1.29 is 18.1 Å². The quantitative estimate of drug-likeness (QED) is 0.523. The molecule has 0 bridgehead atoms. The van der Waals surface area contributed by atoms with Crippen LogP contribution in [0.5, 0.6) is 0 Å². The van der Waals surface area contributed by atoms with Gasteiger partial charge in [0, 0.05) is 37.7 Å². The maximum Gasteiger partial charge on any atom is 0.292 e. The van der Waals surface area contributed by atoms with Gasteiger partial charge in [0.15, 0.2) is 4.90 Å². The van der Waals surface area contributed by atoms with Crippen molar-refractivity contribution >= 4 is 21.6 Å². The number of nitrogens with zero attached hydrogens (tertiary/aromatic N) is 2. The Labute approximate surface area is 159 Å². The first-order valence-corrected chi connectivity index (χ1v) is 10.4. The predicted molar refractivity (Wildman–Crippen MR) is 101 cm³/mol. The Kier molecular flexibility index (Phi) is 6.90. The van der Waals surface area contributed by atoms with Crippen LogP contribution >= 0.6 is 0 Å². The highest BCUT2D eigenvalue weighted by molar-refractivity contribution is 7.89. The molecule has 0 radical (unpaired) electrons. The van der Waals surface area contributed by atoms with Gasteiger partial charge in [-0.3, -0.25) is 14.9 Å². The van der Waals surface area contributed by atoms with Crippen molar-refractivity contribution in [3.63, 3.8) is 0 Å². The Balaban J connectivity index is 2.40. The summed E-state index contributed by atoms with van der Waals surface area (Å²) in [6, 6.07) is 2.69. The van der Waals surface area contributed by atoms with Crippen molar-refractivity contribution in [3.05, 3.63) is 33.4 Å². The normalized spacial score (nSPS) is 18.3. The van der Waals surface area contributed by atoms with E-state index in [9.17, 15) is 23.3 Å². The highest BCUT2D eigenvalue weighted by Gasteiger charge is 2.39. The van der Waals surface area contributed by atoms with E-state index in [0.29, 0.717) is 24.0 Å². The smallest absolute Gasteiger partial charge is 0.292 e. The summed E-state index contributed by atoms with van der Waals surface area (Å²) in [6.45, 7) is 3.73. The first-order valence-electron chi connectivity index (χ1n) is 8.93. The molecule has 1 fully saturated rings. The number of carbonyl (C=O) groups excluding carboxylic acids is 1. The maximum atomic E-state index is 13.4. The lowest BCUT2D eigenvalue weighted by Gasteiger charge is -2.35. The molecular formula is C17H26N4O5S. The number of sulfonamides is 1. The van der Waals surface area contributed by atoms with Crippen molar-refractivity contribution in [2.75, 3.05) is 19.6 Å². The average molecular weight is 398 g/mol. The lowest BCUT2D eigenvalue weighted by molar-refractivity contribution is -0.388. The number of nitro benzene ring substituents is 1. The molecule has 3 N–H and O–H groups in total. The minimum Gasteiger partial charge on any atom is -0.354 e. The van der Waals surface area contributed by atoms with E-state index >= 15 is 0 Å². The fourth-order valence-electron chi connectivity index (χ4n) is 3.39. The van der Waals surface area contributed by atoms with Gasteiger partial charge in [-0.2, -0.15) is 4.31 Å². The minimum absolute atomic E-state index is 0.163. The van der Waals surface area contributed by atoms with E-state index in [1.54, 1.807) is 19.1 Å². The average Bonchev–Trinajstić information content (AvgIpc) is 2.61. The molecule has 1 aromatic rings. The van der Waals surface area contributed by atoms with Crippen LogP contribution < -0.4 is 11.1 Å². The van der Waals surface area contributed by atoms with Gasteiger partial charge in [0.1, 0.15) is 0 Å². The molecule has 1 aliphatic heterocycles. The Hall–Kier alpha value is -2.04. The van der Waals surface area contributed by atoms with Gasteiger partial charge in [-0.15, -0.1) is 0 Å². The number of aryl methyl sites for hydroxylation is 2. The summed E-state index contributed by atoms with van der Waals surface area (Å²) in [7, 11) is -4.08. The van der Waals surface area contributed by atoms with Crippen LogP contribution in [0.1, 0.15) is 36.8 Å². The number of benzene rings is 1. The lowest BCUT2D eigenvalue weighted by atomic mass is 10.1. The molecule has 1 amide bonds. The van der Waals surface area contributed by atoms with Gasteiger partial charge in [0.25, 0.3) is 15.7 Å². The first-order chi connectivity index (χ1) is 12.7. The Morgan fingerprint density at radius 1 is 1.33 bits per heavy atom. The standard InChI is InChI=1S/C17H26N4O5S/c1-12-6-7-13(2)17(16(12)21(23)24)27(25,26)20-10-4-3-5-14(20)11-19-15(22)8-9-18/h6-7,14H,3-5,8-11,18H2,1-2H3,(H,19,22). The largest absolute Gasteiger partial charge is 0.354 e. The van der Waals surface area contributed by atoms with Crippen LogP contribution in [0.15, 0.2) is 17.0 Å². The summed E-state index contributed by atoms with van der Waals surface area (Å²) in [4.78, 5) is 22.4. The molecule has 1 saturated heterocycles. The van der Waals surface area contributed by atoms with Crippen molar-refractivity contribution in [1.29, 1.82) is 0 Å². The molecule has 150 valence electrons. The fourth-order valence-corrected chi connectivity index (χ4v) is 5.52. The second kappa shape index (κ2) is 8.77. The van der Waals surface area contributed by atoms with E-state index in [2.05, 4.69) is 5.32 Å². The molecule has 1 aromatic carbocycles. The molecule has 0 aliphatic carbocycles. The molecule has 2 rings (SSSR count). The highest BCUT2D eigenvalue weighted by atomic mass is 32.2. The van der Waals surface area contributed by atoms with Crippen LogP contribution in [0.25, 0.3) is 0 Å². The lowest BCUT2D eigenvalue weighted by Crippen LogP contribution is -2.49. The van der Waals surface area contributed by atoms with Gasteiger partial charge in [-0.25, -0.2) is 8.42 Å². The molecule has 10 heteroatoms. The van der Waals surface area contributed by atoms with Crippen LogP contribution in [0.3, 0.4) is 0 Å². The van der Waals surface area contributed by atoms with E-state index < -0.39 is 21.0 Å². The topological polar surface area (TPSA) is 136 Å². The molecule has 1 atom stereocenters. The zero-order chi connectivity index (χ0) is 20.2. The molecule has 0 spiro atoms. The second-order valence-electron chi connectivity index (χ2n) is 6.74. The summed E-state index contributed by atoms with van der Waals surface area (Å²) >= 11 is 0. The van der Waals surface area contributed by atoms with Gasteiger partial charge in [-0.05, 0) is 32.3 Å². The van der Waals surface area contributed by atoms with E-state index in [-0.39, 0.29) is 42.5 Å². The van der Waals surface area contributed by atoms with Crippen molar-refractivity contribution in [3.8, 4) is 0 Å². The minimum atomic E-state index is -4.08. The van der Waals surface area contributed by atoms with E-state index in [4.69, 9.17) is 5.73 Å². The van der Waals surface area contributed by atoms with E-state index in [0.717, 1.165) is 6.42 Å². The van der Waals surface area contributed by atoms with Crippen molar-refractivity contribution in [1.82, 2.24) is 9.62 Å². The number of carbonyl (C=O) groups is 1. The monoisotopic (exact) mass is 398 g/mol. The number of nitrogens with two attached hydrogens (primary N) is 1. The van der Waals surface area contributed by atoms with E-state index in [1.165, 1.54) is 11.2 Å². The number of hydrogen-bond donors (Lipinski definition) is 2. The summed E-state index contributed by atoms with van der Waals surface area (Å²) in [5.74, 6) is -0.238. The van der Waals surface area contributed by atoms with Crippen LogP contribution in [0.2, 0.25) is 0 Å². The molecule has 27 heavy (non-hydrogen) atoms. The fraction of sp³-hybridized carbons (Fsp3) is 0.588. The summed E-state index contributed by atoms with van der Waals surface area (Å²) in [6.07, 6.45) is 2.26. The Morgan fingerprint density at radius 3 is 2.63 bits per heavy atom. The van der Waals surface area contributed by atoms with Crippen LogP contribution in [0, 0.1) is 24.0 Å². The van der Waals surface area contributed by atoms with Crippen molar-refractivity contribution in [2.45, 2.75) is 50.5 Å². The van der Waals surface area contributed by atoms with Gasteiger partial charge >= 0.3 is 0 Å². The molecule has 0 aromatic heterocycles. The summed E-state index contributed by atoms with van der Waals surface area (Å²) in [5, 5.41) is 14.3. The van der Waals surface area contributed by atoms with Crippen LogP contribution in [-0.4, -0.2) is 49.2 Å². The summed E-state index contributed by atoms with van der Waals surface area (Å²) < 4.78 is 28.0. The molecule has 1 heterocycles. The van der Waals surface area contributed by atoms with Gasteiger partial charge < -0.3 is 11.1 Å². The van der Waals surface area contributed by atoms with Gasteiger partial charge in [0.05, 0.1) is 4.92 Å². The Morgan fingerprint density at radius 2 is 2.00 bits per heavy atom. The zero-order valence-electron chi connectivity index (χ0n) is 15.6.